The van der Waals surface area contributed by atoms with Crippen molar-refractivity contribution in [3.63, 3.8) is 0 Å². The zero-order chi connectivity index (χ0) is 18.2. The molecule has 0 aliphatic carbocycles. The third-order valence-corrected chi connectivity index (χ3v) is 4.03. The molecule has 1 unspecified atom stereocenters. The minimum absolute atomic E-state index is 0.00414. The van der Waals surface area contributed by atoms with Gasteiger partial charge in [-0.15, -0.1) is 0 Å². The van der Waals surface area contributed by atoms with E-state index in [4.69, 9.17) is 4.74 Å². The van der Waals surface area contributed by atoms with Crippen molar-refractivity contribution in [1.29, 1.82) is 0 Å². The molecule has 1 heterocycles. The minimum Gasteiger partial charge on any atom is -0.463 e. The lowest BCUT2D eigenvalue weighted by molar-refractivity contribution is -0.139. The maximum absolute atomic E-state index is 12.6. The number of ether oxygens (including phenoxy) is 1. The predicted molar refractivity (Wildman–Crippen MR) is 93.7 cm³/mol. The summed E-state index contributed by atoms with van der Waals surface area (Å²) in [5.41, 5.74) is 1.71. The van der Waals surface area contributed by atoms with Crippen LogP contribution in [0, 0.1) is 0 Å². The highest BCUT2D eigenvalue weighted by Gasteiger charge is 2.34. The van der Waals surface area contributed by atoms with Crippen LogP contribution in [-0.4, -0.2) is 54.9 Å². The summed E-state index contributed by atoms with van der Waals surface area (Å²) in [7, 11) is 0. The molecule has 3 N–H and O–H groups in total. The van der Waals surface area contributed by atoms with Gasteiger partial charge in [0.05, 0.1) is 24.8 Å². The van der Waals surface area contributed by atoms with Crippen LogP contribution in [0.1, 0.15) is 25.5 Å². The number of hydrogen-bond acceptors (Lipinski definition) is 5. The summed E-state index contributed by atoms with van der Waals surface area (Å²) in [4.78, 5) is 26.7. The standard InChI is InChI=1S/C18H25N3O4/c1-3-21(10-11-22)12-14-15(17(23)25-4-2)16(20-18(24)19-14)13-8-6-5-7-9-13/h5-9,16,22H,3-4,10-12H2,1-2H3,(H2,19,20,24). The molecule has 0 radical (unpaired) electrons. The number of aliphatic hydroxyl groups is 1. The largest absolute Gasteiger partial charge is 0.463 e. The van der Waals surface area contributed by atoms with E-state index in [1.807, 2.05) is 42.2 Å². The van der Waals surface area contributed by atoms with E-state index in [2.05, 4.69) is 10.6 Å². The second kappa shape index (κ2) is 9.19. The topological polar surface area (TPSA) is 90.9 Å². The van der Waals surface area contributed by atoms with Gasteiger partial charge in [-0.2, -0.15) is 0 Å². The second-order valence-electron chi connectivity index (χ2n) is 5.65. The Kier molecular flexibility index (Phi) is 6.97. The molecule has 1 atom stereocenters. The summed E-state index contributed by atoms with van der Waals surface area (Å²) in [6, 6.07) is 8.37. The Labute approximate surface area is 147 Å². The Morgan fingerprint density at radius 3 is 2.60 bits per heavy atom. The fourth-order valence-electron chi connectivity index (χ4n) is 2.80. The SMILES string of the molecule is CCOC(=O)C1=C(CN(CC)CCO)NC(=O)NC1c1ccccc1. The van der Waals surface area contributed by atoms with Gasteiger partial charge in [0, 0.05) is 18.8 Å². The van der Waals surface area contributed by atoms with Gasteiger partial charge in [-0.1, -0.05) is 37.3 Å². The highest BCUT2D eigenvalue weighted by atomic mass is 16.5. The van der Waals surface area contributed by atoms with Crippen molar-refractivity contribution < 1.29 is 19.4 Å². The van der Waals surface area contributed by atoms with E-state index in [0.29, 0.717) is 30.9 Å². The van der Waals surface area contributed by atoms with Gasteiger partial charge in [-0.3, -0.25) is 4.90 Å². The third kappa shape index (κ3) is 4.80. The molecular formula is C18H25N3O4. The average molecular weight is 347 g/mol. The van der Waals surface area contributed by atoms with Crippen LogP contribution in [0.25, 0.3) is 0 Å². The Morgan fingerprint density at radius 1 is 1.28 bits per heavy atom. The van der Waals surface area contributed by atoms with Crippen molar-refractivity contribution in [2.24, 2.45) is 0 Å². The Hall–Kier alpha value is -2.38. The number of benzene rings is 1. The number of likely N-dealkylation sites (N-methyl/N-ethyl adjacent to an activating group) is 1. The highest BCUT2D eigenvalue weighted by molar-refractivity contribution is 5.95. The van der Waals surface area contributed by atoms with Crippen molar-refractivity contribution in [2.75, 3.05) is 32.8 Å². The smallest absolute Gasteiger partial charge is 0.338 e. The van der Waals surface area contributed by atoms with Crippen LogP contribution in [-0.2, 0) is 9.53 Å². The monoisotopic (exact) mass is 347 g/mol. The van der Waals surface area contributed by atoms with Gasteiger partial charge in [0.1, 0.15) is 0 Å². The first-order valence-corrected chi connectivity index (χ1v) is 8.46. The molecular weight excluding hydrogens is 322 g/mol. The van der Waals surface area contributed by atoms with E-state index < -0.39 is 12.0 Å². The van der Waals surface area contributed by atoms with Crippen molar-refractivity contribution in [1.82, 2.24) is 15.5 Å². The first kappa shape index (κ1) is 19.0. The lowest BCUT2D eigenvalue weighted by Crippen LogP contribution is -2.48. The quantitative estimate of drug-likeness (QED) is 0.614. The molecule has 0 bridgehead atoms. The van der Waals surface area contributed by atoms with Crippen molar-refractivity contribution >= 4 is 12.0 Å². The van der Waals surface area contributed by atoms with Gasteiger partial charge >= 0.3 is 12.0 Å². The van der Waals surface area contributed by atoms with E-state index in [9.17, 15) is 14.7 Å². The summed E-state index contributed by atoms with van der Waals surface area (Å²) in [5, 5.41) is 14.7. The van der Waals surface area contributed by atoms with E-state index in [1.54, 1.807) is 6.92 Å². The molecule has 0 saturated carbocycles. The van der Waals surface area contributed by atoms with Gasteiger partial charge in [0.15, 0.2) is 0 Å². The molecule has 136 valence electrons. The third-order valence-electron chi connectivity index (χ3n) is 4.03. The van der Waals surface area contributed by atoms with Crippen LogP contribution in [0.5, 0.6) is 0 Å². The van der Waals surface area contributed by atoms with Gasteiger partial charge in [0.25, 0.3) is 0 Å². The van der Waals surface area contributed by atoms with E-state index in [1.165, 1.54) is 0 Å². The highest BCUT2D eigenvalue weighted by Crippen LogP contribution is 2.28. The number of hydrogen-bond donors (Lipinski definition) is 3. The van der Waals surface area contributed by atoms with Crippen LogP contribution in [0.15, 0.2) is 41.6 Å². The molecule has 7 nitrogen and oxygen atoms in total. The molecule has 1 aromatic carbocycles. The molecule has 0 spiro atoms. The number of carbonyl (C=O) groups is 2. The van der Waals surface area contributed by atoms with Crippen LogP contribution in [0.3, 0.4) is 0 Å². The Balaban J connectivity index is 2.44. The fraction of sp³-hybridized carbons (Fsp3) is 0.444. The normalized spacial score (nSPS) is 17.3. The summed E-state index contributed by atoms with van der Waals surface area (Å²) in [5.74, 6) is -0.459. The maximum atomic E-state index is 12.6. The number of nitrogens with zero attached hydrogens (tertiary/aromatic N) is 1. The minimum atomic E-state index is -0.572. The molecule has 2 amide bonds. The average Bonchev–Trinajstić information content (AvgIpc) is 2.61. The van der Waals surface area contributed by atoms with Crippen LogP contribution >= 0.6 is 0 Å². The molecule has 1 aliphatic heterocycles. The first-order valence-electron chi connectivity index (χ1n) is 8.46. The van der Waals surface area contributed by atoms with E-state index in [0.717, 1.165) is 5.56 Å². The maximum Gasteiger partial charge on any atom is 0.338 e. The Morgan fingerprint density at radius 2 is 2.00 bits per heavy atom. The number of urea groups is 1. The van der Waals surface area contributed by atoms with Crippen molar-refractivity contribution in [3.05, 3.63) is 47.2 Å². The molecule has 1 aromatic rings. The molecule has 7 heteroatoms. The lowest BCUT2D eigenvalue weighted by Gasteiger charge is -2.31. The van der Waals surface area contributed by atoms with E-state index >= 15 is 0 Å². The number of carbonyl (C=O) groups excluding carboxylic acids is 2. The van der Waals surface area contributed by atoms with E-state index in [-0.39, 0.29) is 19.2 Å². The van der Waals surface area contributed by atoms with Crippen LogP contribution < -0.4 is 10.6 Å². The molecule has 25 heavy (non-hydrogen) atoms. The predicted octanol–water partition coefficient (Wildman–Crippen LogP) is 1.17. The molecule has 0 aromatic heterocycles. The summed E-state index contributed by atoms with van der Waals surface area (Å²) in [6.45, 7) is 5.44. The number of rotatable bonds is 8. The molecule has 0 fully saturated rings. The zero-order valence-electron chi connectivity index (χ0n) is 14.6. The summed E-state index contributed by atoms with van der Waals surface area (Å²) >= 11 is 0. The first-order chi connectivity index (χ1) is 12.1. The molecule has 0 saturated heterocycles. The van der Waals surface area contributed by atoms with Gasteiger partial charge in [0.2, 0.25) is 0 Å². The molecule has 2 rings (SSSR count). The number of nitrogens with one attached hydrogen (secondary N) is 2. The number of esters is 1. The number of amides is 2. The van der Waals surface area contributed by atoms with Crippen LogP contribution in [0.4, 0.5) is 4.79 Å². The Bertz CT molecular complexity index is 630. The van der Waals surface area contributed by atoms with Crippen LogP contribution in [0.2, 0.25) is 0 Å². The van der Waals surface area contributed by atoms with Gasteiger partial charge < -0.3 is 20.5 Å². The number of aliphatic hydroxyl groups excluding tert-OH is 1. The lowest BCUT2D eigenvalue weighted by atomic mass is 9.95. The fourth-order valence-corrected chi connectivity index (χ4v) is 2.80. The van der Waals surface area contributed by atoms with Crippen molar-refractivity contribution in [2.45, 2.75) is 19.9 Å². The van der Waals surface area contributed by atoms with Gasteiger partial charge in [-0.25, -0.2) is 9.59 Å². The van der Waals surface area contributed by atoms with Crippen molar-refractivity contribution in [3.8, 4) is 0 Å². The summed E-state index contributed by atoms with van der Waals surface area (Å²) in [6.07, 6.45) is 0. The second-order valence-corrected chi connectivity index (χ2v) is 5.65. The van der Waals surface area contributed by atoms with Gasteiger partial charge in [-0.05, 0) is 19.0 Å². The zero-order valence-corrected chi connectivity index (χ0v) is 14.6. The summed E-state index contributed by atoms with van der Waals surface area (Å²) < 4.78 is 5.22. The molecule has 1 aliphatic rings.